The smallest absolute Gasteiger partial charge is 0.266 e. The van der Waals surface area contributed by atoms with Crippen LogP contribution in [0.2, 0.25) is 0 Å². The fraction of sp³-hybridized carbons (Fsp3) is 0.222. The van der Waals surface area contributed by atoms with Gasteiger partial charge in [-0.05, 0) is 56.1 Å². The maximum absolute atomic E-state index is 15.1. The van der Waals surface area contributed by atoms with E-state index in [0.29, 0.717) is 34.5 Å². The molecule has 4 atom stereocenters. The molecule has 1 amide bonds. The number of Topliss-reactive ketones (excluding diaryl/α,β-unsaturated/α-hetero) is 1. The summed E-state index contributed by atoms with van der Waals surface area (Å²) in [6.07, 6.45) is 1.64. The van der Waals surface area contributed by atoms with Crippen molar-refractivity contribution in [2.45, 2.75) is 36.8 Å². The van der Waals surface area contributed by atoms with Gasteiger partial charge in [0.2, 0.25) is 0 Å². The zero-order chi connectivity index (χ0) is 29.1. The number of aryl methyl sites for hydroxylation is 1. The van der Waals surface area contributed by atoms with E-state index in [-0.39, 0.29) is 23.3 Å². The number of carbonyl (C=O) groups is 2. The Kier molecular flexibility index (Phi) is 4.80. The second kappa shape index (κ2) is 8.36. The number of nitrogens with one attached hydrogen (secondary N) is 1. The second-order valence-corrected chi connectivity index (χ2v) is 12.2. The Morgan fingerprint density at radius 3 is 2.44 bits per heavy atom. The van der Waals surface area contributed by atoms with Crippen LogP contribution in [0.5, 0.6) is 0 Å². The summed E-state index contributed by atoms with van der Waals surface area (Å²) in [6, 6.07) is 30.4. The first-order valence-corrected chi connectivity index (χ1v) is 14.9. The van der Waals surface area contributed by atoms with Crippen molar-refractivity contribution in [3.63, 3.8) is 0 Å². The highest BCUT2D eigenvalue weighted by molar-refractivity contribution is 6.11. The molecule has 0 bridgehead atoms. The summed E-state index contributed by atoms with van der Waals surface area (Å²) in [7, 11) is 0. The molecule has 1 aromatic heterocycles. The fourth-order valence-corrected chi connectivity index (χ4v) is 8.89. The highest BCUT2D eigenvalue weighted by atomic mass is 16.2. The van der Waals surface area contributed by atoms with Crippen LogP contribution in [0, 0.1) is 12.8 Å². The number of benzene rings is 4. The molecule has 9 rings (SSSR count). The maximum atomic E-state index is 15.1. The highest BCUT2D eigenvalue weighted by Crippen LogP contribution is 2.69. The minimum Gasteiger partial charge on any atom is -0.324 e. The molecule has 1 N–H and O–H groups in total. The zero-order valence-corrected chi connectivity index (χ0v) is 23.6. The first kappa shape index (κ1) is 24.7. The number of hydrogen-bond acceptors (Lipinski definition) is 5. The van der Waals surface area contributed by atoms with Crippen LogP contribution in [0.4, 0.5) is 5.69 Å². The van der Waals surface area contributed by atoms with E-state index in [2.05, 4.69) is 10.2 Å². The van der Waals surface area contributed by atoms with E-state index in [1.54, 1.807) is 10.6 Å². The summed E-state index contributed by atoms with van der Waals surface area (Å²) in [5, 5.41) is 3.71. The van der Waals surface area contributed by atoms with Gasteiger partial charge in [0.15, 0.2) is 5.78 Å². The minimum absolute atomic E-state index is 0.0309. The minimum atomic E-state index is -1.29. The van der Waals surface area contributed by atoms with Gasteiger partial charge >= 0.3 is 0 Å². The lowest BCUT2D eigenvalue weighted by atomic mass is 9.56. The van der Waals surface area contributed by atoms with Gasteiger partial charge in [0.25, 0.3) is 11.5 Å². The molecule has 5 heterocycles. The third kappa shape index (κ3) is 2.75. The molecule has 0 radical (unpaired) electrons. The summed E-state index contributed by atoms with van der Waals surface area (Å²) < 4.78 is 1.69. The molecule has 7 nitrogen and oxygen atoms in total. The number of fused-ring (bicyclic) bond motifs is 11. The van der Waals surface area contributed by atoms with Crippen LogP contribution in [-0.2, 0) is 15.7 Å². The predicted octanol–water partition coefficient (Wildman–Crippen LogP) is 5.12. The lowest BCUT2D eigenvalue weighted by Crippen LogP contribution is -2.60. The molecule has 2 fully saturated rings. The topological polar surface area (TPSA) is 84.3 Å². The van der Waals surface area contributed by atoms with E-state index in [1.165, 1.54) is 0 Å². The van der Waals surface area contributed by atoms with Gasteiger partial charge in [-0.2, -0.15) is 0 Å². The van der Waals surface area contributed by atoms with Crippen molar-refractivity contribution in [3.05, 3.63) is 135 Å². The van der Waals surface area contributed by atoms with Crippen LogP contribution in [-0.4, -0.2) is 38.7 Å². The van der Waals surface area contributed by atoms with E-state index in [9.17, 15) is 9.59 Å². The number of hydrogen-bond donors (Lipinski definition) is 1. The molecule has 0 aliphatic carbocycles. The van der Waals surface area contributed by atoms with Gasteiger partial charge < -0.3 is 5.32 Å². The van der Waals surface area contributed by atoms with Crippen LogP contribution < -0.4 is 10.9 Å². The number of aromatic nitrogens is 2. The Hall–Kier alpha value is -4.88. The monoisotopic (exact) mass is 564 g/mol. The van der Waals surface area contributed by atoms with Gasteiger partial charge in [0.05, 0.1) is 27.9 Å². The molecule has 4 aliphatic heterocycles. The number of ketones is 1. The van der Waals surface area contributed by atoms with E-state index >= 15 is 4.79 Å². The average molecular weight is 565 g/mol. The van der Waals surface area contributed by atoms with Crippen molar-refractivity contribution in [3.8, 4) is 5.69 Å². The first-order valence-electron chi connectivity index (χ1n) is 14.9. The van der Waals surface area contributed by atoms with Crippen molar-refractivity contribution in [1.29, 1.82) is 0 Å². The molecular weight excluding hydrogens is 536 g/mol. The molecule has 0 saturated carbocycles. The van der Waals surface area contributed by atoms with Crippen LogP contribution in [0.1, 0.15) is 45.7 Å². The molecule has 2 unspecified atom stereocenters. The van der Waals surface area contributed by atoms with E-state index in [4.69, 9.17) is 4.98 Å². The Morgan fingerprint density at radius 1 is 0.884 bits per heavy atom. The first-order chi connectivity index (χ1) is 21.0. The molecule has 4 aliphatic rings. The third-order valence-electron chi connectivity index (χ3n) is 10.4. The molecular formula is C36H28N4O3. The zero-order valence-electron chi connectivity index (χ0n) is 23.6. The number of para-hydroxylation sites is 3. The van der Waals surface area contributed by atoms with E-state index < -0.39 is 16.9 Å². The SMILES string of the molecule is Cc1ccc(C(=O)C2[C@H]3CCCN3[C@]3(C(=O)Nc4ccccc43)C23c2ccccc2-n2c3nc3ccccc3c2=O)cc1. The highest BCUT2D eigenvalue weighted by Gasteiger charge is 2.80. The lowest BCUT2D eigenvalue weighted by molar-refractivity contribution is -0.128. The van der Waals surface area contributed by atoms with Crippen LogP contribution in [0.25, 0.3) is 16.6 Å². The van der Waals surface area contributed by atoms with Gasteiger partial charge in [0.1, 0.15) is 11.4 Å². The molecule has 43 heavy (non-hydrogen) atoms. The molecule has 5 aromatic rings. The largest absolute Gasteiger partial charge is 0.324 e. The Balaban J connectivity index is 1.49. The number of amides is 1. The molecule has 210 valence electrons. The van der Waals surface area contributed by atoms with Crippen molar-refractivity contribution in [2.75, 3.05) is 11.9 Å². The van der Waals surface area contributed by atoms with E-state index in [1.807, 2.05) is 97.9 Å². The van der Waals surface area contributed by atoms with Crippen LogP contribution in [0.15, 0.2) is 102 Å². The van der Waals surface area contributed by atoms with Gasteiger partial charge in [-0.3, -0.25) is 23.9 Å². The quantitative estimate of drug-likeness (QED) is 0.301. The number of carbonyl (C=O) groups excluding carboxylic acids is 2. The van der Waals surface area contributed by atoms with Crippen molar-refractivity contribution < 1.29 is 9.59 Å². The fourth-order valence-electron chi connectivity index (χ4n) is 8.89. The van der Waals surface area contributed by atoms with Gasteiger partial charge in [-0.25, -0.2) is 4.98 Å². The number of rotatable bonds is 2. The predicted molar refractivity (Wildman–Crippen MR) is 164 cm³/mol. The third-order valence-corrected chi connectivity index (χ3v) is 10.4. The van der Waals surface area contributed by atoms with Crippen LogP contribution in [0.3, 0.4) is 0 Å². The lowest BCUT2D eigenvalue weighted by Gasteiger charge is -2.45. The number of anilines is 1. The molecule has 7 heteroatoms. The van der Waals surface area contributed by atoms with Gasteiger partial charge in [-0.15, -0.1) is 0 Å². The Labute approximate surface area is 247 Å². The summed E-state index contributed by atoms with van der Waals surface area (Å²) >= 11 is 0. The standard InChI is InChI=1S/C36H28N4O3/c1-21-16-18-22(19-17-21)31(41)30-29-15-8-20-39(29)36(24-10-3-6-13-27(24)38-34(36)43)35(30)25-11-4-7-14-28(25)40-32(42)23-9-2-5-12-26(23)37-33(35)40/h2-7,9-14,16-19,29-30H,8,15,20H2,1H3,(H,38,43)/t29-,30?,35?,36-/m1/s1. The molecule has 2 saturated heterocycles. The summed E-state index contributed by atoms with van der Waals surface area (Å²) in [5.41, 5.74) is 2.52. The summed E-state index contributed by atoms with van der Waals surface area (Å²) in [6.45, 7) is 2.66. The van der Waals surface area contributed by atoms with Crippen molar-refractivity contribution in [2.24, 2.45) is 5.92 Å². The Morgan fingerprint density at radius 2 is 1.60 bits per heavy atom. The number of nitrogens with zero attached hydrogens (tertiary/aromatic N) is 3. The van der Waals surface area contributed by atoms with Gasteiger partial charge in [0, 0.05) is 22.9 Å². The average Bonchev–Trinajstić information content (AvgIpc) is 3.75. The molecule has 2 spiro atoms. The molecule has 4 aromatic carbocycles. The van der Waals surface area contributed by atoms with E-state index in [0.717, 1.165) is 35.2 Å². The normalized spacial score (nSPS) is 26.5. The maximum Gasteiger partial charge on any atom is 0.266 e. The summed E-state index contributed by atoms with van der Waals surface area (Å²) in [4.78, 5) is 52.0. The van der Waals surface area contributed by atoms with Gasteiger partial charge in [-0.1, -0.05) is 78.4 Å². The van der Waals surface area contributed by atoms with Crippen molar-refractivity contribution >= 4 is 28.3 Å². The second-order valence-electron chi connectivity index (χ2n) is 12.2. The van der Waals surface area contributed by atoms with Crippen LogP contribution >= 0.6 is 0 Å². The summed E-state index contributed by atoms with van der Waals surface area (Å²) in [5.74, 6) is -0.413. The van der Waals surface area contributed by atoms with Crippen molar-refractivity contribution in [1.82, 2.24) is 14.5 Å². The Bertz CT molecular complexity index is 2100.